The van der Waals surface area contributed by atoms with Crippen LogP contribution < -0.4 is 10.6 Å². The van der Waals surface area contributed by atoms with Crippen molar-refractivity contribution in [2.24, 2.45) is 0 Å². The molecule has 0 heterocycles. The molecule has 0 unspecified atom stereocenters. The summed E-state index contributed by atoms with van der Waals surface area (Å²) in [4.78, 5) is 26.1. The largest absolute Gasteiger partial charge is 0.339 e. The summed E-state index contributed by atoms with van der Waals surface area (Å²) in [7, 11) is 1.86. The molecule has 1 aromatic rings. The van der Waals surface area contributed by atoms with E-state index in [9.17, 15) is 9.59 Å². The van der Waals surface area contributed by atoms with E-state index < -0.39 is 0 Å². The summed E-state index contributed by atoms with van der Waals surface area (Å²) in [6.07, 6.45) is 1.21. The number of halogens is 1. The molecule has 22 heavy (non-hydrogen) atoms. The maximum Gasteiger partial charge on any atom is 0.255 e. The SMILES string of the molecule is CCN(CC)C(=O)c1ccccc1NC(=O)CCCNC.Cl. The standard InChI is InChI=1S/C16H25N3O2.ClH/c1-4-19(5-2)16(21)13-9-6-7-10-14(13)18-15(20)11-8-12-17-3;/h6-7,9-10,17H,4-5,8,11-12H2,1-3H3,(H,18,20);1H. The second-order valence-electron chi connectivity index (χ2n) is 4.78. The number of nitrogens with one attached hydrogen (secondary N) is 2. The average molecular weight is 328 g/mol. The summed E-state index contributed by atoms with van der Waals surface area (Å²) in [6.45, 7) is 5.99. The van der Waals surface area contributed by atoms with E-state index in [0.717, 1.165) is 13.0 Å². The van der Waals surface area contributed by atoms with Gasteiger partial charge in [-0.3, -0.25) is 9.59 Å². The maximum absolute atomic E-state index is 12.4. The van der Waals surface area contributed by atoms with Crippen LogP contribution in [-0.2, 0) is 4.79 Å². The number of amides is 2. The van der Waals surface area contributed by atoms with Crippen molar-refractivity contribution in [3.05, 3.63) is 29.8 Å². The van der Waals surface area contributed by atoms with Crippen molar-refractivity contribution in [2.45, 2.75) is 26.7 Å². The van der Waals surface area contributed by atoms with Crippen molar-refractivity contribution in [3.8, 4) is 0 Å². The summed E-state index contributed by atoms with van der Waals surface area (Å²) < 4.78 is 0. The lowest BCUT2D eigenvalue weighted by molar-refractivity contribution is -0.116. The van der Waals surface area contributed by atoms with Crippen molar-refractivity contribution in [2.75, 3.05) is 32.0 Å². The van der Waals surface area contributed by atoms with Crippen molar-refractivity contribution in [1.29, 1.82) is 0 Å². The Balaban J connectivity index is 0.00000441. The number of rotatable bonds is 8. The minimum absolute atomic E-state index is 0. The molecule has 5 nitrogen and oxygen atoms in total. The van der Waals surface area contributed by atoms with Gasteiger partial charge < -0.3 is 15.5 Å². The van der Waals surface area contributed by atoms with Gasteiger partial charge in [-0.15, -0.1) is 12.4 Å². The van der Waals surface area contributed by atoms with E-state index in [1.807, 2.05) is 33.0 Å². The molecule has 2 N–H and O–H groups in total. The van der Waals surface area contributed by atoms with E-state index in [-0.39, 0.29) is 24.2 Å². The molecule has 0 radical (unpaired) electrons. The fraction of sp³-hybridized carbons (Fsp3) is 0.500. The molecule has 1 aromatic carbocycles. The van der Waals surface area contributed by atoms with Crippen LogP contribution in [-0.4, -0.2) is 43.4 Å². The molecule has 0 aromatic heterocycles. The van der Waals surface area contributed by atoms with Crippen LogP contribution in [0.2, 0.25) is 0 Å². The lowest BCUT2D eigenvalue weighted by Gasteiger charge is -2.20. The molecule has 1 rings (SSSR count). The normalized spacial score (nSPS) is 9.77. The zero-order valence-corrected chi connectivity index (χ0v) is 14.3. The van der Waals surface area contributed by atoms with Gasteiger partial charge in [-0.25, -0.2) is 0 Å². The first-order valence-electron chi connectivity index (χ1n) is 7.46. The Hall–Kier alpha value is -1.59. The predicted octanol–water partition coefficient (Wildman–Crippen LogP) is 2.53. The Morgan fingerprint density at radius 3 is 2.36 bits per heavy atom. The van der Waals surface area contributed by atoms with Crippen LogP contribution in [0.15, 0.2) is 24.3 Å². The highest BCUT2D eigenvalue weighted by Crippen LogP contribution is 2.17. The van der Waals surface area contributed by atoms with Crippen molar-refractivity contribution >= 4 is 29.9 Å². The number of para-hydroxylation sites is 1. The summed E-state index contributed by atoms with van der Waals surface area (Å²) in [5.41, 5.74) is 1.13. The number of carbonyl (C=O) groups excluding carboxylic acids is 2. The highest BCUT2D eigenvalue weighted by atomic mass is 35.5. The molecule has 0 saturated carbocycles. The number of nitrogens with zero attached hydrogens (tertiary/aromatic N) is 1. The smallest absolute Gasteiger partial charge is 0.255 e. The minimum atomic E-state index is -0.0648. The van der Waals surface area contributed by atoms with Crippen molar-refractivity contribution in [3.63, 3.8) is 0 Å². The number of carbonyl (C=O) groups is 2. The number of hydrogen-bond acceptors (Lipinski definition) is 3. The lowest BCUT2D eigenvalue weighted by atomic mass is 10.1. The molecule has 2 amide bonds. The molecular formula is C16H26ClN3O2. The fourth-order valence-corrected chi connectivity index (χ4v) is 2.10. The maximum atomic E-state index is 12.4. The second kappa shape index (κ2) is 11.0. The average Bonchev–Trinajstić information content (AvgIpc) is 2.49. The zero-order chi connectivity index (χ0) is 15.7. The summed E-state index contributed by atoms with van der Waals surface area (Å²) in [5, 5.41) is 5.85. The molecule has 0 aliphatic carbocycles. The van der Waals surface area contributed by atoms with Gasteiger partial charge in [0.2, 0.25) is 5.91 Å². The quantitative estimate of drug-likeness (QED) is 0.721. The van der Waals surface area contributed by atoms with Gasteiger partial charge in [-0.1, -0.05) is 12.1 Å². The molecular weight excluding hydrogens is 302 g/mol. The van der Waals surface area contributed by atoms with E-state index in [1.165, 1.54) is 0 Å². The molecule has 0 saturated heterocycles. The van der Waals surface area contributed by atoms with Gasteiger partial charge in [0.1, 0.15) is 0 Å². The monoisotopic (exact) mass is 327 g/mol. The number of anilines is 1. The van der Waals surface area contributed by atoms with E-state index in [0.29, 0.717) is 30.8 Å². The summed E-state index contributed by atoms with van der Waals surface area (Å²) in [6, 6.07) is 7.16. The van der Waals surface area contributed by atoms with E-state index in [1.54, 1.807) is 17.0 Å². The van der Waals surface area contributed by atoms with E-state index in [4.69, 9.17) is 0 Å². The highest BCUT2D eigenvalue weighted by Gasteiger charge is 2.17. The third-order valence-electron chi connectivity index (χ3n) is 3.31. The lowest BCUT2D eigenvalue weighted by Crippen LogP contribution is -2.31. The van der Waals surface area contributed by atoms with Gasteiger partial charge in [0, 0.05) is 19.5 Å². The van der Waals surface area contributed by atoms with Crippen LogP contribution in [0, 0.1) is 0 Å². The number of benzene rings is 1. The molecule has 0 bridgehead atoms. The van der Waals surface area contributed by atoms with Crippen LogP contribution in [0.1, 0.15) is 37.0 Å². The van der Waals surface area contributed by atoms with E-state index in [2.05, 4.69) is 10.6 Å². The van der Waals surface area contributed by atoms with Crippen LogP contribution >= 0.6 is 12.4 Å². The fourth-order valence-electron chi connectivity index (χ4n) is 2.10. The van der Waals surface area contributed by atoms with Crippen LogP contribution in [0.5, 0.6) is 0 Å². The van der Waals surface area contributed by atoms with Crippen molar-refractivity contribution < 1.29 is 9.59 Å². The first kappa shape index (κ1) is 20.4. The highest BCUT2D eigenvalue weighted by molar-refractivity contribution is 6.03. The first-order chi connectivity index (χ1) is 10.1. The van der Waals surface area contributed by atoms with E-state index >= 15 is 0 Å². The Bertz CT molecular complexity index is 476. The Kier molecular flexibility index (Phi) is 10.2. The molecule has 0 aliphatic heterocycles. The minimum Gasteiger partial charge on any atom is -0.339 e. The summed E-state index contributed by atoms with van der Waals surface area (Å²) in [5.74, 6) is -0.115. The third-order valence-corrected chi connectivity index (χ3v) is 3.31. The summed E-state index contributed by atoms with van der Waals surface area (Å²) >= 11 is 0. The Labute approximate surface area is 138 Å². The van der Waals surface area contributed by atoms with Crippen LogP contribution in [0.25, 0.3) is 0 Å². The molecule has 0 aliphatic rings. The molecule has 0 spiro atoms. The molecule has 0 atom stereocenters. The second-order valence-corrected chi connectivity index (χ2v) is 4.78. The zero-order valence-electron chi connectivity index (χ0n) is 13.5. The molecule has 124 valence electrons. The predicted molar refractivity (Wildman–Crippen MR) is 92.7 cm³/mol. The number of hydrogen-bond donors (Lipinski definition) is 2. The Morgan fingerprint density at radius 1 is 1.14 bits per heavy atom. The Morgan fingerprint density at radius 2 is 1.77 bits per heavy atom. The van der Waals surface area contributed by atoms with Gasteiger partial charge in [-0.2, -0.15) is 0 Å². The topological polar surface area (TPSA) is 61.4 Å². The van der Waals surface area contributed by atoms with Crippen LogP contribution in [0.3, 0.4) is 0 Å². The van der Waals surface area contributed by atoms with Gasteiger partial charge >= 0.3 is 0 Å². The van der Waals surface area contributed by atoms with Gasteiger partial charge in [0.25, 0.3) is 5.91 Å². The van der Waals surface area contributed by atoms with Gasteiger partial charge in [0.05, 0.1) is 11.3 Å². The van der Waals surface area contributed by atoms with Crippen molar-refractivity contribution in [1.82, 2.24) is 10.2 Å². The molecule has 6 heteroatoms. The van der Waals surface area contributed by atoms with Gasteiger partial charge in [0.15, 0.2) is 0 Å². The third kappa shape index (κ3) is 6.03. The molecule has 0 fully saturated rings. The van der Waals surface area contributed by atoms with Gasteiger partial charge in [-0.05, 0) is 46.0 Å². The van der Waals surface area contributed by atoms with Crippen LogP contribution in [0.4, 0.5) is 5.69 Å². The first-order valence-corrected chi connectivity index (χ1v) is 7.46.